The highest BCUT2D eigenvalue weighted by atomic mass is 16.4. The van der Waals surface area contributed by atoms with Crippen molar-refractivity contribution in [1.82, 2.24) is 10.2 Å². The Hall–Kier alpha value is -0.610. The third-order valence-electron chi connectivity index (χ3n) is 5.37. The van der Waals surface area contributed by atoms with Gasteiger partial charge in [0.25, 0.3) is 0 Å². The predicted molar refractivity (Wildman–Crippen MR) is 76.2 cm³/mol. The van der Waals surface area contributed by atoms with Crippen molar-refractivity contribution in [2.45, 2.75) is 51.0 Å². The Morgan fingerprint density at radius 1 is 1.37 bits per heavy atom. The molecular formula is C15H28N2O2. The molecule has 3 unspecified atom stereocenters. The number of carbonyl (C=O) groups is 1. The zero-order valence-corrected chi connectivity index (χ0v) is 12.3. The molecule has 19 heavy (non-hydrogen) atoms. The molecule has 0 amide bonds. The van der Waals surface area contributed by atoms with Crippen LogP contribution in [0.2, 0.25) is 0 Å². The minimum atomic E-state index is -0.727. The van der Waals surface area contributed by atoms with Crippen LogP contribution in [-0.2, 0) is 4.79 Å². The number of nitrogens with one attached hydrogen (secondary N) is 1. The van der Waals surface area contributed by atoms with Gasteiger partial charge in [-0.1, -0.05) is 13.3 Å². The summed E-state index contributed by atoms with van der Waals surface area (Å²) in [7, 11) is 1.76. The number of hydrogen-bond donors (Lipinski definition) is 2. The van der Waals surface area contributed by atoms with Gasteiger partial charge in [0.1, 0.15) is 5.54 Å². The number of rotatable bonds is 7. The Labute approximate surface area is 116 Å². The molecule has 2 rings (SSSR count). The fraction of sp³-hybridized carbons (Fsp3) is 0.933. The third-order valence-corrected chi connectivity index (χ3v) is 5.37. The predicted octanol–water partition coefficient (Wildman–Crippen LogP) is 1.95. The Morgan fingerprint density at radius 2 is 2.00 bits per heavy atom. The normalized spacial score (nSPS) is 30.2. The van der Waals surface area contributed by atoms with Crippen molar-refractivity contribution < 1.29 is 9.90 Å². The maximum Gasteiger partial charge on any atom is 0.323 e. The summed E-state index contributed by atoms with van der Waals surface area (Å²) < 4.78 is 0. The highest BCUT2D eigenvalue weighted by Crippen LogP contribution is 2.37. The smallest absolute Gasteiger partial charge is 0.323 e. The minimum absolute atomic E-state index is 0.643. The lowest BCUT2D eigenvalue weighted by Crippen LogP contribution is -2.50. The van der Waals surface area contributed by atoms with Crippen LogP contribution in [0.1, 0.15) is 45.4 Å². The number of fused-ring (bicyclic) bond motifs is 1. The molecule has 0 spiro atoms. The molecule has 2 N–H and O–H groups in total. The topological polar surface area (TPSA) is 52.6 Å². The molecule has 2 aliphatic rings. The van der Waals surface area contributed by atoms with Crippen LogP contribution in [0.15, 0.2) is 0 Å². The number of aliphatic carboxylic acids is 1. The molecule has 0 bridgehead atoms. The van der Waals surface area contributed by atoms with Gasteiger partial charge in [-0.15, -0.1) is 0 Å². The van der Waals surface area contributed by atoms with E-state index in [1.54, 1.807) is 7.05 Å². The van der Waals surface area contributed by atoms with Gasteiger partial charge in [0.2, 0.25) is 0 Å². The SMILES string of the molecule is CCC(CCCN1CC2CCCC2C1)(NC)C(=O)O. The summed E-state index contributed by atoms with van der Waals surface area (Å²) in [5.41, 5.74) is -0.727. The molecule has 0 aromatic rings. The molecule has 0 radical (unpaired) electrons. The number of likely N-dealkylation sites (N-methyl/N-ethyl adjacent to an activating group) is 1. The quantitative estimate of drug-likeness (QED) is 0.741. The van der Waals surface area contributed by atoms with Gasteiger partial charge in [-0.2, -0.15) is 0 Å². The van der Waals surface area contributed by atoms with E-state index in [4.69, 9.17) is 0 Å². The number of carboxylic acid groups (broad SMARTS) is 1. The standard InChI is InChI=1S/C15H28N2O2/c1-3-15(16-2,14(18)19)8-5-9-17-10-12-6-4-7-13(12)11-17/h12-13,16H,3-11H2,1-2H3,(H,18,19). The van der Waals surface area contributed by atoms with E-state index in [1.807, 2.05) is 6.92 Å². The number of carboxylic acids is 1. The second-order valence-electron chi connectivity index (χ2n) is 6.31. The Balaban J connectivity index is 1.75. The average Bonchev–Trinajstić information content (AvgIpc) is 2.95. The zero-order valence-electron chi connectivity index (χ0n) is 12.3. The van der Waals surface area contributed by atoms with E-state index < -0.39 is 11.5 Å². The summed E-state index contributed by atoms with van der Waals surface area (Å²) >= 11 is 0. The highest BCUT2D eigenvalue weighted by Gasteiger charge is 2.37. The van der Waals surface area contributed by atoms with Gasteiger partial charge in [-0.3, -0.25) is 4.79 Å². The summed E-state index contributed by atoms with van der Waals surface area (Å²) in [6.45, 7) is 5.50. The van der Waals surface area contributed by atoms with E-state index in [-0.39, 0.29) is 0 Å². The van der Waals surface area contributed by atoms with Crippen molar-refractivity contribution in [3.63, 3.8) is 0 Å². The van der Waals surface area contributed by atoms with E-state index >= 15 is 0 Å². The van der Waals surface area contributed by atoms with Gasteiger partial charge in [0.05, 0.1) is 0 Å². The molecular weight excluding hydrogens is 240 g/mol. The fourth-order valence-electron chi connectivity index (χ4n) is 3.96. The lowest BCUT2D eigenvalue weighted by molar-refractivity contribution is -0.145. The van der Waals surface area contributed by atoms with Crippen LogP contribution in [0, 0.1) is 11.8 Å². The van der Waals surface area contributed by atoms with E-state index in [1.165, 1.54) is 32.4 Å². The van der Waals surface area contributed by atoms with Crippen LogP contribution in [0.4, 0.5) is 0 Å². The summed E-state index contributed by atoms with van der Waals surface area (Å²) in [6.07, 6.45) is 6.57. The molecule has 4 nitrogen and oxygen atoms in total. The van der Waals surface area contributed by atoms with Crippen molar-refractivity contribution in [3.8, 4) is 0 Å². The first kappa shape index (κ1) is 14.8. The average molecular weight is 268 g/mol. The van der Waals surface area contributed by atoms with Gasteiger partial charge in [-0.05, 0) is 57.5 Å². The molecule has 2 fully saturated rings. The van der Waals surface area contributed by atoms with Gasteiger partial charge in [0, 0.05) is 13.1 Å². The van der Waals surface area contributed by atoms with Crippen molar-refractivity contribution >= 4 is 5.97 Å². The van der Waals surface area contributed by atoms with E-state index in [9.17, 15) is 9.90 Å². The van der Waals surface area contributed by atoms with Gasteiger partial charge in [-0.25, -0.2) is 0 Å². The molecule has 1 aliphatic carbocycles. The van der Waals surface area contributed by atoms with Crippen molar-refractivity contribution in [2.24, 2.45) is 11.8 Å². The summed E-state index contributed by atoms with van der Waals surface area (Å²) in [4.78, 5) is 13.9. The van der Waals surface area contributed by atoms with Gasteiger partial charge in [0.15, 0.2) is 0 Å². The first-order valence-electron chi connectivity index (χ1n) is 7.76. The van der Waals surface area contributed by atoms with Crippen LogP contribution < -0.4 is 5.32 Å². The van der Waals surface area contributed by atoms with Crippen LogP contribution in [-0.4, -0.2) is 48.2 Å². The van der Waals surface area contributed by atoms with Crippen LogP contribution in [0.25, 0.3) is 0 Å². The molecule has 3 atom stereocenters. The molecule has 1 heterocycles. The Morgan fingerprint density at radius 3 is 2.47 bits per heavy atom. The number of hydrogen-bond acceptors (Lipinski definition) is 3. The first-order chi connectivity index (χ1) is 9.11. The molecule has 110 valence electrons. The van der Waals surface area contributed by atoms with Gasteiger partial charge < -0.3 is 15.3 Å². The van der Waals surface area contributed by atoms with Crippen molar-refractivity contribution in [2.75, 3.05) is 26.7 Å². The maximum atomic E-state index is 11.4. The second-order valence-corrected chi connectivity index (χ2v) is 6.31. The maximum absolute atomic E-state index is 11.4. The fourth-order valence-corrected chi connectivity index (χ4v) is 3.96. The monoisotopic (exact) mass is 268 g/mol. The molecule has 4 heteroatoms. The summed E-state index contributed by atoms with van der Waals surface area (Å²) in [5.74, 6) is 1.15. The zero-order chi connectivity index (χ0) is 13.9. The Kier molecular flexibility index (Phi) is 4.85. The highest BCUT2D eigenvalue weighted by molar-refractivity contribution is 5.78. The largest absolute Gasteiger partial charge is 0.480 e. The summed E-state index contributed by atoms with van der Waals surface area (Å²) in [5, 5.41) is 12.4. The lowest BCUT2D eigenvalue weighted by Gasteiger charge is -2.28. The number of likely N-dealkylation sites (tertiary alicyclic amines) is 1. The van der Waals surface area contributed by atoms with Crippen molar-refractivity contribution in [3.05, 3.63) is 0 Å². The third kappa shape index (κ3) is 3.11. The molecule has 0 aromatic carbocycles. The molecule has 1 saturated carbocycles. The Bertz CT molecular complexity index is 303. The summed E-state index contributed by atoms with van der Waals surface area (Å²) in [6, 6.07) is 0. The minimum Gasteiger partial charge on any atom is -0.480 e. The molecule has 1 saturated heterocycles. The van der Waals surface area contributed by atoms with E-state index in [2.05, 4.69) is 10.2 Å². The second kappa shape index (κ2) is 6.23. The van der Waals surface area contributed by atoms with E-state index in [0.29, 0.717) is 6.42 Å². The van der Waals surface area contributed by atoms with Gasteiger partial charge >= 0.3 is 5.97 Å². The van der Waals surface area contributed by atoms with E-state index in [0.717, 1.165) is 31.2 Å². The van der Waals surface area contributed by atoms with Crippen LogP contribution in [0.3, 0.4) is 0 Å². The van der Waals surface area contributed by atoms with Crippen LogP contribution in [0.5, 0.6) is 0 Å². The van der Waals surface area contributed by atoms with Crippen LogP contribution >= 0.6 is 0 Å². The van der Waals surface area contributed by atoms with Crippen molar-refractivity contribution in [1.29, 1.82) is 0 Å². The molecule has 1 aliphatic heterocycles. The lowest BCUT2D eigenvalue weighted by atomic mass is 9.90. The number of nitrogens with zero attached hydrogens (tertiary/aromatic N) is 1. The first-order valence-corrected chi connectivity index (χ1v) is 7.76. The molecule has 0 aromatic heterocycles.